The topological polar surface area (TPSA) is 83.3 Å². The minimum Gasteiger partial charge on any atom is -0.378 e. The summed E-state index contributed by atoms with van der Waals surface area (Å²) in [6.45, 7) is 2.34. The van der Waals surface area contributed by atoms with Gasteiger partial charge in [-0.25, -0.2) is 4.79 Å². The van der Waals surface area contributed by atoms with Crippen LogP contribution in [0.1, 0.15) is 17.9 Å². The van der Waals surface area contributed by atoms with E-state index in [2.05, 4.69) is 49.9 Å². The van der Waals surface area contributed by atoms with E-state index < -0.39 is 0 Å². The number of rotatable bonds is 7. The number of urea groups is 1. The predicted octanol–water partition coefficient (Wildman–Crippen LogP) is 3.87. The molecule has 2 N–H and O–H groups in total. The van der Waals surface area contributed by atoms with Crippen molar-refractivity contribution in [1.82, 2.24) is 15.5 Å². The normalized spacial score (nSPS) is 10.5. The van der Waals surface area contributed by atoms with Crippen LogP contribution in [0.2, 0.25) is 0 Å². The summed E-state index contributed by atoms with van der Waals surface area (Å²) in [5.41, 5.74) is 3.91. The first kappa shape index (κ1) is 19.4. The minimum absolute atomic E-state index is 0.232. The highest BCUT2D eigenvalue weighted by atomic mass is 16.5. The average Bonchev–Trinajstić information content (AvgIpc) is 3.12. The second-order valence-corrected chi connectivity index (χ2v) is 6.76. The standard InChI is InChI=1S/C21H25N5O2/c1-15-23-20(25-28-15)17-7-4-8-18(14-17)24-21(27)22-13-5-6-16-9-11-19(12-10-16)26(2)3/h4,7-12,14H,5-6,13H2,1-3H3,(H2,22,24,27). The molecule has 7 nitrogen and oxygen atoms in total. The molecule has 28 heavy (non-hydrogen) atoms. The van der Waals surface area contributed by atoms with Gasteiger partial charge in [-0.05, 0) is 42.7 Å². The van der Waals surface area contributed by atoms with E-state index >= 15 is 0 Å². The van der Waals surface area contributed by atoms with E-state index in [1.54, 1.807) is 6.92 Å². The summed E-state index contributed by atoms with van der Waals surface area (Å²) in [5.74, 6) is 1.00. The summed E-state index contributed by atoms with van der Waals surface area (Å²) < 4.78 is 5.00. The van der Waals surface area contributed by atoms with Crippen LogP contribution in [-0.2, 0) is 6.42 Å². The molecule has 1 aromatic heterocycles. The van der Waals surface area contributed by atoms with Gasteiger partial charge in [0, 0.05) is 44.5 Å². The van der Waals surface area contributed by atoms with Crippen molar-refractivity contribution in [2.75, 3.05) is 30.9 Å². The highest BCUT2D eigenvalue weighted by Crippen LogP contribution is 2.20. The van der Waals surface area contributed by atoms with Gasteiger partial charge in [-0.3, -0.25) is 0 Å². The number of carbonyl (C=O) groups excluding carboxylic acids is 1. The van der Waals surface area contributed by atoms with E-state index in [-0.39, 0.29) is 6.03 Å². The Morgan fingerprint density at radius 3 is 2.61 bits per heavy atom. The minimum atomic E-state index is -0.232. The number of nitrogens with one attached hydrogen (secondary N) is 2. The summed E-state index contributed by atoms with van der Waals surface area (Å²) in [7, 11) is 4.05. The molecule has 0 atom stereocenters. The number of aromatic nitrogens is 2. The van der Waals surface area contributed by atoms with Crippen molar-refractivity contribution in [1.29, 1.82) is 0 Å². The molecule has 0 radical (unpaired) electrons. The summed E-state index contributed by atoms with van der Waals surface area (Å²) in [6.07, 6.45) is 1.79. The van der Waals surface area contributed by atoms with Gasteiger partial charge in [0.2, 0.25) is 11.7 Å². The molecule has 3 rings (SSSR count). The molecule has 0 unspecified atom stereocenters. The molecule has 0 fully saturated rings. The maximum absolute atomic E-state index is 12.1. The van der Waals surface area contributed by atoms with Gasteiger partial charge in [-0.2, -0.15) is 4.98 Å². The van der Waals surface area contributed by atoms with Gasteiger partial charge >= 0.3 is 6.03 Å². The quantitative estimate of drug-likeness (QED) is 0.609. The molecule has 0 spiro atoms. The fourth-order valence-corrected chi connectivity index (χ4v) is 2.78. The van der Waals surface area contributed by atoms with Crippen LogP contribution in [0.25, 0.3) is 11.4 Å². The van der Waals surface area contributed by atoms with Crippen molar-refractivity contribution in [3.63, 3.8) is 0 Å². The first-order chi connectivity index (χ1) is 13.5. The zero-order chi connectivity index (χ0) is 19.9. The molecule has 0 saturated carbocycles. The number of hydrogen-bond donors (Lipinski definition) is 2. The summed E-state index contributed by atoms with van der Waals surface area (Å²) in [5, 5.41) is 9.62. The third-order valence-corrected chi connectivity index (χ3v) is 4.29. The third kappa shape index (κ3) is 5.33. The van der Waals surface area contributed by atoms with Crippen molar-refractivity contribution >= 4 is 17.4 Å². The SMILES string of the molecule is Cc1nc(-c2cccc(NC(=O)NCCCc3ccc(N(C)C)cc3)c2)no1. The number of anilines is 2. The van der Waals surface area contributed by atoms with Crippen molar-refractivity contribution in [2.45, 2.75) is 19.8 Å². The van der Waals surface area contributed by atoms with Crippen molar-refractivity contribution in [2.24, 2.45) is 0 Å². The highest BCUT2D eigenvalue weighted by molar-refractivity contribution is 5.89. The van der Waals surface area contributed by atoms with Crippen molar-refractivity contribution < 1.29 is 9.32 Å². The van der Waals surface area contributed by atoms with E-state index in [4.69, 9.17) is 4.52 Å². The molecule has 3 aromatic rings. The van der Waals surface area contributed by atoms with Crippen LogP contribution in [0.15, 0.2) is 53.1 Å². The Morgan fingerprint density at radius 1 is 1.14 bits per heavy atom. The second kappa shape index (κ2) is 9.03. The molecular weight excluding hydrogens is 354 g/mol. The van der Waals surface area contributed by atoms with Gasteiger partial charge in [0.05, 0.1) is 0 Å². The molecule has 2 aromatic carbocycles. The molecule has 0 aliphatic heterocycles. The van der Waals surface area contributed by atoms with Gasteiger partial charge < -0.3 is 20.1 Å². The van der Waals surface area contributed by atoms with Crippen LogP contribution in [0.5, 0.6) is 0 Å². The Balaban J connectivity index is 1.44. The molecule has 2 amide bonds. The lowest BCUT2D eigenvalue weighted by atomic mass is 10.1. The number of carbonyl (C=O) groups is 1. The fraction of sp³-hybridized carbons (Fsp3) is 0.286. The predicted molar refractivity (Wildman–Crippen MR) is 111 cm³/mol. The smallest absolute Gasteiger partial charge is 0.319 e. The average molecular weight is 379 g/mol. The molecule has 1 heterocycles. The van der Waals surface area contributed by atoms with Crippen LogP contribution < -0.4 is 15.5 Å². The van der Waals surface area contributed by atoms with Gasteiger partial charge in [-0.1, -0.05) is 29.4 Å². The zero-order valence-electron chi connectivity index (χ0n) is 16.4. The van der Waals surface area contributed by atoms with Crippen LogP contribution in [-0.4, -0.2) is 36.8 Å². The Kier molecular flexibility index (Phi) is 6.26. The Labute approximate surface area is 164 Å². The number of amides is 2. The zero-order valence-corrected chi connectivity index (χ0v) is 16.4. The van der Waals surface area contributed by atoms with E-state index in [1.807, 2.05) is 38.4 Å². The molecule has 0 aliphatic rings. The van der Waals surface area contributed by atoms with Crippen molar-refractivity contribution in [3.05, 3.63) is 60.0 Å². The maximum atomic E-state index is 12.1. The Hall–Kier alpha value is -3.35. The maximum Gasteiger partial charge on any atom is 0.319 e. The lowest BCUT2D eigenvalue weighted by Crippen LogP contribution is -2.29. The Bertz CT molecular complexity index is 919. The van der Waals surface area contributed by atoms with E-state index in [1.165, 1.54) is 11.3 Å². The van der Waals surface area contributed by atoms with E-state index in [0.717, 1.165) is 18.4 Å². The van der Waals surface area contributed by atoms with E-state index in [9.17, 15) is 4.79 Å². The first-order valence-corrected chi connectivity index (χ1v) is 9.23. The summed E-state index contributed by atoms with van der Waals surface area (Å²) in [6, 6.07) is 15.6. The van der Waals surface area contributed by atoms with Gasteiger partial charge in [0.1, 0.15) is 0 Å². The molecule has 146 valence electrons. The monoisotopic (exact) mass is 379 g/mol. The summed E-state index contributed by atoms with van der Waals surface area (Å²) in [4.78, 5) is 18.4. The first-order valence-electron chi connectivity index (χ1n) is 9.23. The number of nitrogens with zero attached hydrogens (tertiary/aromatic N) is 3. The highest BCUT2D eigenvalue weighted by Gasteiger charge is 2.08. The molecule has 7 heteroatoms. The van der Waals surface area contributed by atoms with Gasteiger partial charge in [0.25, 0.3) is 0 Å². The third-order valence-electron chi connectivity index (χ3n) is 4.29. The fourth-order valence-electron chi connectivity index (χ4n) is 2.78. The molecule has 0 saturated heterocycles. The summed E-state index contributed by atoms with van der Waals surface area (Å²) >= 11 is 0. The van der Waals surface area contributed by atoms with Gasteiger partial charge in [-0.15, -0.1) is 0 Å². The lowest BCUT2D eigenvalue weighted by Gasteiger charge is -2.12. The molecule has 0 bridgehead atoms. The van der Waals surface area contributed by atoms with Gasteiger partial charge in [0.15, 0.2) is 0 Å². The second-order valence-electron chi connectivity index (χ2n) is 6.76. The van der Waals surface area contributed by atoms with Crippen LogP contribution in [0, 0.1) is 6.92 Å². The Morgan fingerprint density at radius 2 is 1.93 bits per heavy atom. The number of aryl methyl sites for hydroxylation is 2. The number of benzene rings is 2. The molecule has 0 aliphatic carbocycles. The van der Waals surface area contributed by atoms with E-state index in [0.29, 0.717) is 23.9 Å². The largest absolute Gasteiger partial charge is 0.378 e. The molecular formula is C21H25N5O2. The van der Waals surface area contributed by atoms with Crippen LogP contribution in [0.3, 0.4) is 0 Å². The van der Waals surface area contributed by atoms with Crippen LogP contribution in [0.4, 0.5) is 16.2 Å². The van der Waals surface area contributed by atoms with Crippen LogP contribution >= 0.6 is 0 Å². The van der Waals surface area contributed by atoms with Crippen molar-refractivity contribution in [3.8, 4) is 11.4 Å². The number of hydrogen-bond acceptors (Lipinski definition) is 5. The lowest BCUT2D eigenvalue weighted by molar-refractivity contribution is 0.252.